The molecule has 2 aromatic carbocycles. The van der Waals surface area contributed by atoms with E-state index < -0.39 is 6.04 Å². The number of nitrogens with one attached hydrogen (secondary N) is 1. The maximum atomic E-state index is 13.6. The second-order valence-electron chi connectivity index (χ2n) is 9.69. The number of ether oxygens (including phenoxy) is 1. The Labute approximate surface area is 215 Å². The molecule has 5 rings (SSSR count). The standard InChI is InChI=1S/C28H32N6O3/c1-4-37-28(36)21-12-14-33(15-13-21)25(26-30-31-32-34(26)17-20-8-6-5-7-9-20)23-16-22-18(2)10-11-19(3)24(22)29-27(23)35/h5-11,16,21,25H,4,12-15,17H2,1-3H3,(H,29,35). The summed E-state index contributed by atoms with van der Waals surface area (Å²) >= 11 is 0. The van der Waals surface area contributed by atoms with E-state index in [1.54, 1.807) is 4.68 Å². The topological polar surface area (TPSA) is 106 Å². The Bertz CT molecular complexity index is 1450. The van der Waals surface area contributed by atoms with Crippen LogP contribution >= 0.6 is 0 Å². The number of nitrogens with zero attached hydrogens (tertiary/aromatic N) is 5. The molecule has 1 atom stereocenters. The van der Waals surface area contributed by atoms with Gasteiger partial charge in [-0.25, -0.2) is 4.68 Å². The summed E-state index contributed by atoms with van der Waals surface area (Å²) in [6.45, 7) is 7.97. The van der Waals surface area contributed by atoms with E-state index in [1.807, 2.05) is 63.2 Å². The van der Waals surface area contributed by atoms with E-state index in [9.17, 15) is 9.59 Å². The summed E-state index contributed by atoms with van der Waals surface area (Å²) in [7, 11) is 0. The second kappa shape index (κ2) is 10.6. The number of aromatic amines is 1. The van der Waals surface area contributed by atoms with Gasteiger partial charge in [-0.1, -0.05) is 42.5 Å². The molecule has 0 radical (unpaired) electrons. The van der Waals surface area contributed by atoms with E-state index in [2.05, 4.69) is 31.5 Å². The summed E-state index contributed by atoms with van der Waals surface area (Å²) in [6.07, 6.45) is 1.30. The number of benzene rings is 2. The molecule has 0 bridgehead atoms. The van der Waals surface area contributed by atoms with Crippen LogP contribution in [-0.2, 0) is 16.1 Å². The molecule has 1 aliphatic heterocycles. The number of pyridine rings is 1. The molecule has 1 unspecified atom stereocenters. The first kappa shape index (κ1) is 24.8. The summed E-state index contributed by atoms with van der Waals surface area (Å²) < 4.78 is 7.03. The Morgan fingerprint density at radius 1 is 1.11 bits per heavy atom. The fourth-order valence-electron chi connectivity index (χ4n) is 5.22. The largest absolute Gasteiger partial charge is 0.466 e. The third-order valence-corrected chi connectivity index (χ3v) is 7.26. The van der Waals surface area contributed by atoms with Gasteiger partial charge in [0.05, 0.1) is 24.6 Å². The van der Waals surface area contributed by atoms with Crippen LogP contribution in [0.5, 0.6) is 0 Å². The summed E-state index contributed by atoms with van der Waals surface area (Å²) in [5.41, 5.74) is 4.45. The summed E-state index contributed by atoms with van der Waals surface area (Å²) in [5, 5.41) is 13.7. The Morgan fingerprint density at radius 2 is 1.84 bits per heavy atom. The third kappa shape index (κ3) is 5.04. The van der Waals surface area contributed by atoms with Crippen LogP contribution in [0.4, 0.5) is 0 Å². The highest BCUT2D eigenvalue weighted by Crippen LogP contribution is 2.32. The normalized spacial score (nSPS) is 15.6. The molecule has 1 fully saturated rings. The number of carbonyl (C=O) groups excluding carboxylic acids is 1. The van der Waals surface area contributed by atoms with Gasteiger partial charge in [0.1, 0.15) is 6.04 Å². The molecule has 0 aliphatic carbocycles. The van der Waals surface area contributed by atoms with Crippen molar-refractivity contribution in [1.29, 1.82) is 0 Å². The van der Waals surface area contributed by atoms with Crippen molar-refractivity contribution in [2.45, 2.75) is 46.2 Å². The number of H-pyrrole nitrogens is 1. The Balaban J connectivity index is 1.57. The molecule has 2 aromatic heterocycles. The lowest BCUT2D eigenvalue weighted by molar-refractivity contribution is -0.149. The predicted molar refractivity (Wildman–Crippen MR) is 140 cm³/mol. The highest BCUT2D eigenvalue weighted by molar-refractivity contribution is 5.85. The molecule has 3 heterocycles. The molecule has 1 aliphatic rings. The lowest BCUT2D eigenvalue weighted by atomic mass is 9.93. The van der Waals surface area contributed by atoms with Crippen LogP contribution in [0.15, 0.2) is 53.3 Å². The van der Waals surface area contributed by atoms with Crippen molar-refractivity contribution in [3.05, 3.63) is 87.0 Å². The number of piperidine rings is 1. The zero-order chi connectivity index (χ0) is 25.9. The SMILES string of the molecule is CCOC(=O)C1CCN(C(c2cc3c(C)ccc(C)c3[nH]c2=O)c2nnnn2Cc2ccccc2)CC1. The minimum absolute atomic E-state index is 0.142. The van der Waals surface area contributed by atoms with Gasteiger partial charge in [0.15, 0.2) is 5.82 Å². The van der Waals surface area contributed by atoms with E-state index >= 15 is 0 Å². The van der Waals surface area contributed by atoms with Crippen molar-refractivity contribution < 1.29 is 9.53 Å². The van der Waals surface area contributed by atoms with Crippen molar-refractivity contribution >= 4 is 16.9 Å². The first-order valence-corrected chi connectivity index (χ1v) is 12.8. The van der Waals surface area contributed by atoms with Gasteiger partial charge in [-0.15, -0.1) is 5.10 Å². The number of fused-ring (bicyclic) bond motifs is 1. The highest BCUT2D eigenvalue weighted by atomic mass is 16.5. The van der Waals surface area contributed by atoms with Crippen molar-refractivity contribution in [3.8, 4) is 0 Å². The maximum absolute atomic E-state index is 13.6. The smallest absolute Gasteiger partial charge is 0.309 e. The molecule has 9 heteroatoms. The number of likely N-dealkylation sites (tertiary alicyclic amines) is 1. The maximum Gasteiger partial charge on any atom is 0.309 e. The minimum atomic E-state index is -0.463. The van der Waals surface area contributed by atoms with E-state index in [4.69, 9.17) is 4.74 Å². The first-order chi connectivity index (χ1) is 18.0. The number of rotatable bonds is 7. The van der Waals surface area contributed by atoms with Crippen molar-refractivity contribution in [1.82, 2.24) is 30.1 Å². The number of aryl methyl sites for hydroxylation is 2. The molecule has 1 N–H and O–H groups in total. The summed E-state index contributed by atoms with van der Waals surface area (Å²) in [5.74, 6) is 0.313. The number of aromatic nitrogens is 5. The van der Waals surface area contributed by atoms with Crippen LogP contribution in [-0.4, -0.2) is 55.8 Å². The quantitative estimate of drug-likeness (QED) is 0.387. The van der Waals surface area contributed by atoms with E-state index in [0.29, 0.717) is 50.5 Å². The fraction of sp³-hybridized carbons (Fsp3) is 0.393. The zero-order valence-corrected chi connectivity index (χ0v) is 21.5. The van der Waals surface area contributed by atoms with Crippen molar-refractivity contribution in [3.63, 3.8) is 0 Å². The van der Waals surface area contributed by atoms with Gasteiger partial charge in [0, 0.05) is 24.0 Å². The minimum Gasteiger partial charge on any atom is -0.466 e. The molecule has 0 spiro atoms. The van der Waals surface area contributed by atoms with Crippen LogP contribution in [0.2, 0.25) is 0 Å². The summed E-state index contributed by atoms with van der Waals surface area (Å²) in [4.78, 5) is 31.3. The predicted octanol–water partition coefficient (Wildman–Crippen LogP) is 3.54. The second-order valence-corrected chi connectivity index (χ2v) is 9.69. The molecule has 37 heavy (non-hydrogen) atoms. The Kier molecular flexibility index (Phi) is 7.14. The molecule has 9 nitrogen and oxygen atoms in total. The molecular weight excluding hydrogens is 468 g/mol. The average molecular weight is 501 g/mol. The third-order valence-electron chi connectivity index (χ3n) is 7.26. The number of tetrazole rings is 1. The van der Waals surface area contributed by atoms with Gasteiger partial charge in [0.25, 0.3) is 5.56 Å². The van der Waals surface area contributed by atoms with Crippen molar-refractivity contribution in [2.24, 2.45) is 5.92 Å². The number of carbonyl (C=O) groups is 1. The number of hydrogen-bond acceptors (Lipinski definition) is 7. The number of hydrogen-bond donors (Lipinski definition) is 1. The highest BCUT2D eigenvalue weighted by Gasteiger charge is 2.35. The molecular formula is C28H32N6O3. The van der Waals surface area contributed by atoms with Gasteiger partial charge >= 0.3 is 5.97 Å². The van der Waals surface area contributed by atoms with Crippen LogP contribution in [0.3, 0.4) is 0 Å². The Morgan fingerprint density at radius 3 is 2.57 bits per heavy atom. The van der Waals surface area contributed by atoms with Gasteiger partial charge in [-0.3, -0.25) is 14.5 Å². The van der Waals surface area contributed by atoms with E-state index in [0.717, 1.165) is 27.6 Å². The molecule has 4 aromatic rings. The van der Waals surface area contributed by atoms with Gasteiger partial charge < -0.3 is 9.72 Å². The van der Waals surface area contributed by atoms with Gasteiger partial charge in [-0.2, -0.15) is 0 Å². The zero-order valence-electron chi connectivity index (χ0n) is 21.5. The van der Waals surface area contributed by atoms with Crippen LogP contribution in [0.25, 0.3) is 10.9 Å². The molecule has 0 amide bonds. The lowest BCUT2D eigenvalue weighted by Gasteiger charge is -2.36. The van der Waals surface area contributed by atoms with Gasteiger partial charge in [-0.05, 0) is 66.8 Å². The molecule has 0 saturated carbocycles. The van der Waals surface area contributed by atoms with Crippen LogP contribution in [0.1, 0.15) is 53.9 Å². The Hall–Kier alpha value is -3.85. The molecule has 192 valence electrons. The van der Waals surface area contributed by atoms with Gasteiger partial charge in [0.2, 0.25) is 0 Å². The average Bonchev–Trinajstić information content (AvgIpc) is 3.35. The first-order valence-electron chi connectivity index (χ1n) is 12.8. The summed E-state index contributed by atoms with van der Waals surface area (Å²) in [6, 6.07) is 15.6. The fourth-order valence-corrected chi connectivity index (χ4v) is 5.22. The van der Waals surface area contributed by atoms with E-state index in [1.165, 1.54) is 0 Å². The number of esters is 1. The van der Waals surface area contributed by atoms with Crippen LogP contribution < -0.4 is 5.56 Å². The molecule has 1 saturated heterocycles. The van der Waals surface area contributed by atoms with E-state index in [-0.39, 0.29) is 17.4 Å². The monoisotopic (exact) mass is 500 g/mol. The van der Waals surface area contributed by atoms with Crippen LogP contribution in [0, 0.1) is 19.8 Å². The van der Waals surface area contributed by atoms with Crippen molar-refractivity contribution in [2.75, 3.05) is 19.7 Å². The lowest BCUT2D eigenvalue weighted by Crippen LogP contribution is -2.42.